The molecule has 1 fully saturated rings. The Morgan fingerprint density at radius 1 is 1.62 bits per heavy atom. The van der Waals surface area contributed by atoms with Gasteiger partial charge < -0.3 is 5.32 Å². The van der Waals surface area contributed by atoms with Crippen LogP contribution in [0.5, 0.6) is 0 Å². The van der Waals surface area contributed by atoms with Crippen LogP contribution in [-0.2, 0) is 6.54 Å². The maximum atomic E-state index is 4.05. The van der Waals surface area contributed by atoms with Crippen LogP contribution in [0.3, 0.4) is 0 Å². The van der Waals surface area contributed by atoms with Gasteiger partial charge in [0, 0.05) is 29.6 Å². The molecule has 16 heavy (non-hydrogen) atoms. The van der Waals surface area contributed by atoms with Crippen molar-refractivity contribution in [1.29, 1.82) is 0 Å². The zero-order valence-corrected chi connectivity index (χ0v) is 11.2. The van der Waals surface area contributed by atoms with Crippen LogP contribution in [0.25, 0.3) is 0 Å². The molecule has 0 spiro atoms. The third-order valence-corrected chi connectivity index (χ3v) is 4.65. The molecule has 1 unspecified atom stereocenters. The summed E-state index contributed by atoms with van der Waals surface area (Å²) in [5, 5.41) is 10.7. The molecular formula is C12H21N3S. The Kier molecular flexibility index (Phi) is 3.60. The number of nitrogens with one attached hydrogen (secondary N) is 2. The van der Waals surface area contributed by atoms with Crippen LogP contribution in [-0.4, -0.2) is 27.7 Å². The highest BCUT2D eigenvalue weighted by Crippen LogP contribution is 2.34. The molecule has 1 aromatic heterocycles. The molecule has 0 amide bonds. The molecular weight excluding hydrogens is 218 g/mol. The largest absolute Gasteiger partial charge is 0.308 e. The molecule has 2 heterocycles. The Morgan fingerprint density at radius 3 is 3.06 bits per heavy atom. The molecule has 0 radical (unpaired) electrons. The first kappa shape index (κ1) is 12.0. The fraction of sp³-hybridized carbons (Fsp3) is 0.750. The van der Waals surface area contributed by atoms with Gasteiger partial charge in [-0.05, 0) is 24.5 Å². The number of aryl methyl sites for hydroxylation is 1. The van der Waals surface area contributed by atoms with E-state index in [0.29, 0.717) is 11.5 Å². The third-order valence-electron chi connectivity index (χ3n) is 3.59. The van der Waals surface area contributed by atoms with E-state index in [0.717, 1.165) is 6.54 Å². The fourth-order valence-corrected chi connectivity index (χ4v) is 3.70. The van der Waals surface area contributed by atoms with Gasteiger partial charge in [0.2, 0.25) is 0 Å². The van der Waals surface area contributed by atoms with Gasteiger partial charge >= 0.3 is 0 Å². The summed E-state index contributed by atoms with van der Waals surface area (Å²) in [4.78, 5) is 0. The van der Waals surface area contributed by atoms with Crippen LogP contribution in [0.2, 0.25) is 0 Å². The Morgan fingerprint density at radius 2 is 2.44 bits per heavy atom. The lowest BCUT2D eigenvalue weighted by molar-refractivity contribution is 0.245. The highest BCUT2D eigenvalue weighted by atomic mass is 32.2. The second kappa shape index (κ2) is 4.80. The maximum Gasteiger partial charge on any atom is 0.0535 e. The first-order valence-electron chi connectivity index (χ1n) is 5.89. The predicted octanol–water partition coefficient (Wildman–Crippen LogP) is 2.34. The molecule has 0 saturated carbocycles. The molecule has 2 rings (SSSR count). The van der Waals surface area contributed by atoms with E-state index in [9.17, 15) is 0 Å². The van der Waals surface area contributed by atoms with E-state index in [1.807, 2.05) is 6.20 Å². The molecule has 90 valence electrons. The van der Waals surface area contributed by atoms with Crippen molar-refractivity contribution in [3.63, 3.8) is 0 Å². The second-order valence-electron chi connectivity index (χ2n) is 5.27. The lowest BCUT2D eigenvalue weighted by Gasteiger charge is -2.38. The van der Waals surface area contributed by atoms with Crippen LogP contribution < -0.4 is 5.32 Å². The van der Waals surface area contributed by atoms with E-state index in [4.69, 9.17) is 0 Å². The van der Waals surface area contributed by atoms with Crippen molar-refractivity contribution in [3.8, 4) is 0 Å². The van der Waals surface area contributed by atoms with Crippen molar-refractivity contribution in [3.05, 3.63) is 17.5 Å². The van der Waals surface area contributed by atoms with Crippen molar-refractivity contribution >= 4 is 11.8 Å². The number of thioether (sulfide) groups is 1. The van der Waals surface area contributed by atoms with Crippen molar-refractivity contribution in [2.75, 3.05) is 11.5 Å². The van der Waals surface area contributed by atoms with Crippen molar-refractivity contribution in [1.82, 2.24) is 15.5 Å². The number of rotatable bonds is 3. The fourth-order valence-electron chi connectivity index (χ4n) is 2.06. The average molecular weight is 239 g/mol. The minimum atomic E-state index is 0.420. The van der Waals surface area contributed by atoms with Crippen LogP contribution in [0.15, 0.2) is 6.20 Å². The lowest BCUT2D eigenvalue weighted by atomic mass is 9.82. The highest BCUT2D eigenvalue weighted by molar-refractivity contribution is 7.99. The summed E-state index contributed by atoms with van der Waals surface area (Å²) >= 11 is 2.06. The Hall–Kier alpha value is -0.480. The number of aromatic amines is 1. The minimum Gasteiger partial charge on any atom is -0.308 e. The lowest BCUT2D eigenvalue weighted by Crippen LogP contribution is -2.46. The normalized spacial score (nSPS) is 24.6. The van der Waals surface area contributed by atoms with Gasteiger partial charge in [-0.3, -0.25) is 5.10 Å². The average Bonchev–Trinajstić information content (AvgIpc) is 2.62. The van der Waals surface area contributed by atoms with E-state index in [1.165, 1.54) is 29.2 Å². The zero-order valence-electron chi connectivity index (χ0n) is 10.3. The molecule has 4 heteroatoms. The molecule has 1 aliphatic heterocycles. The molecule has 0 aliphatic carbocycles. The first-order valence-corrected chi connectivity index (χ1v) is 7.05. The zero-order chi connectivity index (χ0) is 11.6. The van der Waals surface area contributed by atoms with Crippen molar-refractivity contribution < 1.29 is 0 Å². The summed E-state index contributed by atoms with van der Waals surface area (Å²) in [6, 6.07) is 0.612. The smallest absolute Gasteiger partial charge is 0.0535 e. The summed E-state index contributed by atoms with van der Waals surface area (Å²) in [5.74, 6) is 2.53. The number of aromatic nitrogens is 2. The van der Waals surface area contributed by atoms with Crippen molar-refractivity contribution in [2.24, 2.45) is 5.41 Å². The van der Waals surface area contributed by atoms with E-state index < -0.39 is 0 Å². The van der Waals surface area contributed by atoms with Gasteiger partial charge in [0.1, 0.15) is 0 Å². The van der Waals surface area contributed by atoms with Gasteiger partial charge in [0.05, 0.1) is 6.20 Å². The van der Waals surface area contributed by atoms with Crippen LogP contribution in [0.4, 0.5) is 0 Å². The Labute approximate surface area is 102 Å². The van der Waals surface area contributed by atoms with E-state index in [2.05, 4.69) is 48.0 Å². The van der Waals surface area contributed by atoms with Gasteiger partial charge in [-0.25, -0.2) is 0 Å². The number of hydrogen-bond acceptors (Lipinski definition) is 3. The molecule has 1 atom stereocenters. The summed E-state index contributed by atoms with van der Waals surface area (Å²) in [5.41, 5.74) is 2.88. The molecule has 0 bridgehead atoms. The van der Waals surface area contributed by atoms with Gasteiger partial charge in [-0.2, -0.15) is 16.9 Å². The molecule has 3 nitrogen and oxygen atoms in total. The molecule has 1 aliphatic rings. The van der Waals surface area contributed by atoms with Gasteiger partial charge in [-0.15, -0.1) is 0 Å². The Bertz CT molecular complexity index is 346. The summed E-state index contributed by atoms with van der Waals surface area (Å²) in [7, 11) is 0. The van der Waals surface area contributed by atoms with Crippen molar-refractivity contribution in [2.45, 2.75) is 39.8 Å². The van der Waals surface area contributed by atoms with E-state index >= 15 is 0 Å². The Balaban J connectivity index is 1.92. The van der Waals surface area contributed by atoms with Crippen LogP contribution >= 0.6 is 11.8 Å². The molecule has 0 aromatic carbocycles. The highest BCUT2D eigenvalue weighted by Gasteiger charge is 2.32. The van der Waals surface area contributed by atoms with Crippen LogP contribution in [0.1, 0.15) is 31.5 Å². The van der Waals surface area contributed by atoms with E-state index in [1.54, 1.807) is 0 Å². The maximum absolute atomic E-state index is 4.05. The molecule has 2 N–H and O–H groups in total. The number of nitrogens with zero attached hydrogens (tertiary/aromatic N) is 1. The molecule has 1 saturated heterocycles. The summed E-state index contributed by atoms with van der Waals surface area (Å²) < 4.78 is 0. The van der Waals surface area contributed by atoms with Gasteiger partial charge in [0.25, 0.3) is 0 Å². The topological polar surface area (TPSA) is 40.7 Å². The first-order chi connectivity index (χ1) is 7.59. The standard InChI is InChI=1S/C12H21N3S/c1-9-10(7-14-15-9)6-13-11-8-16-5-4-12(11,2)3/h7,11,13H,4-6,8H2,1-3H3,(H,14,15). The summed E-state index contributed by atoms with van der Waals surface area (Å²) in [6.07, 6.45) is 3.23. The van der Waals surface area contributed by atoms with Gasteiger partial charge in [-0.1, -0.05) is 13.8 Å². The van der Waals surface area contributed by atoms with Crippen LogP contribution in [0, 0.1) is 12.3 Å². The predicted molar refractivity (Wildman–Crippen MR) is 69.7 cm³/mol. The summed E-state index contributed by atoms with van der Waals surface area (Å²) in [6.45, 7) is 7.74. The monoisotopic (exact) mass is 239 g/mol. The minimum absolute atomic E-state index is 0.420. The van der Waals surface area contributed by atoms with Gasteiger partial charge in [0.15, 0.2) is 0 Å². The van der Waals surface area contributed by atoms with E-state index in [-0.39, 0.29) is 0 Å². The second-order valence-corrected chi connectivity index (χ2v) is 6.42. The quantitative estimate of drug-likeness (QED) is 0.850. The SMILES string of the molecule is Cc1[nH]ncc1CNC1CSCCC1(C)C. The third kappa shape index (κ3) is 2.61. The molecule has 1 aromatic rings. The number of hydrogen-bond donors (Lipinski definition) is 2. The number of H-pyrrole nitrogens is 1.